The highest BCUT2D eigenvalue weighted by Crippen LogP contribution is 2.56. The number of rotatable bonds is 2. The Hall–Kier alpha value is -0.500. The van der Waals surface area contributed by atoms with Crippen molar-refractivity contribution in [2.75, 3.05) is 0 Å². The van der Waals surface area contributed by atoms with E-state index in [0.29, 0.717) is 16.3 Å². The van der Waals surface area contributed by atoms with Crippen molar-refractivity contribution < 1.29 is 4.74 Å². The molecule has 1 aromatic rings. The molecule has 2 saturated carbocycles. The van der Waals surface area contributed by atoms with Crippen molar-refractivity contribution in [3.8, 4) is 5.75 Å². The van der Waals surface area contributed by atoms with Gasteiger partial charge in [-0.05, 0) is 56.4 Å². The van der Waals surface area contributed by atoms with Crippen molar-refractivity contribution in [3.63, 3.8) is 0 Å². The SMILES string of the molecule is Cc1ccc(OC2CC(Br)C23CCCCC3)cc1C. The largest absolute Gasteiger partial charge is 0.490 e. The summed E-state index contributed by atoms with van der Waals surface area (Å²) in [5.74, 6) is 1.05. The van der Waals surface area contributed by atoms with Gasteiger partial charge in [-0.15, -0.1) is 0 Å². The number of hydrogen-bond acceptors (Lipinski definition) is 1. The Morgan fingerprint density at radius 3 is 2.47 bits per heavy atom. The average molecular weight is 323 g/mol. The predicted molar refractivity (Wildman–Crippen MR) is 83.2 cm³/mol. The number of alkyl halides is 1. The molecule has 2 fully saturated rings. The minimum absolute atomic E-state index is 0.414. The summed E-state index contributed by atoms with van der Waals surface area (Å²) in [5, 5.41) is 0. The maximum absolute atomic E-state index is 6.32. The Bertz CT molecular complexity index is 462. The van der Waals surface area contributed by atoms with Gasteiger partial charge in [-0.3, -0.25) is 0 Å². The molecule has 2 unspecified atom stereocenters. The van der Waals surface area contributed by atoms with Gasteiger partial charge in [0, 0.05) is 10.2 Å². The second kappa shape index (κ2) is 5.12. The van der Waals surface area contributed by atoms with Crippen LogP contribution in [-0.4, -0.2) is 10.9 Å². The molecule has 0 saturated heterocycles. The smallest absolute Gasteiger partial charge is 0.120 e. The fraction of sp³-hybridized carbons (Fsp3) is 0.647. The molecule has 1 nitrogen and oxygen atoms in total. The molecule has 3 rings (SSSR count). The maximum atomic E-state index is 6.32. The van der Waals surface area contributed by atoms with Gasteiger partial charge in [0.15, 0.2) is 0 Å². The van der Waals surface area contributed by atoms with Gasteiger partial charge in [0.05, 0.1) is 0 Å². The van der Waals surface area contributed by atoms with Crippen molar-refractivity contribution in [1.82, 2.24) is 0 Å². The zero-order chi connectivity index (χ0) is 13.5. The van der Waals surface area contributed by atoms with Crippen molar-refractivity contribution in [2.45, 2.75) is 63.3 Å². The average Bonchev–Trinajstić information content (AvgIpc) is 2.43. The van der Waals surface area contributed by atoms with Gasteiger partial charge in [-0.2, -0.15) is 0 Å². The summed E-state index contributed by atoms with van der Waals surface area (Å²) in [6.45, 7) is 4.31. The molecule has 2 atom stereocenters. The molecule has 0 radical (unpaired) electrons. The van der Waals surface area contributed by atoms with Crippen LogP contribution in [0.5, 0.6) is 5.75 Å². The number of benzene rings is 1. The Labute approximate surface area is 124 Å². The third kappa shape index (κ3) is 2.33. The van der Waals surface area contributed by atoms with E-state index in [-0.39, 0.29) is 0 Å². The monoisotopic (exact) mass is 322 g/mol. The molecular formula is C17H23BrO. The van der Waals surface area contributed by atoms with Gasteiger partial charge in [0.25, 0.3) is 0 Å². The summed E-state index contributed by atoms with van der Waals surface area (Å²) >= 11 is 3.88. The molecule has 0 N–H and O–H groups in total. The van der Waals surface area contributed by atoms with Crippen LogP contribution in [0.1, 0.15) is 49.7 Å². The minimum Gasteiger partial charge on any atom is -0.490 e. The van der Waals surface area contributed by atoms with E-state index in [1.165, 1.54) is 43.2 Å². The van der Waals surface area contributed by atoms with Gasteiger partial charge >= 0.3 is 0 Å². The predicted octanol–water partition coefficient (Wildman–Crippen LogP) is 5.17. The van der Waals surface area contributed by atoms with Gasteiger partial charge in [-0.1, -0.05) is 41.3 Å². The maximum Gasteiger partial charge on any atom is 0.120 e. The standard InChI is InChI=1S/C17H23BrO/c1-12-6-7-14(10-13(12)2)19-16-11-15(18)17(16)8-4-3-5-9-17/h6-7,10,15-16H,3-5,8-9,11H2,1-2H3. The highest BCUT2D eigenvalue weighted by Gasteiger charge is 2.55. The molecular weight excluding hydrogens is 300 g/mol. The van der Waals surface area contributed by atoms with Crippen LogP contribution < -0.4 is 4.74 Å². The fourth-order valence-electron chi connectivity index (χ4n) is 3.66. The molecule has 2 aliphatic carbocycles. The zero-order valence-electron chi connectivity index (χ0n) is 11.9. The summed E-state index contributed by atoms with van der Waals surface area (Å²) in [4.78, 5) is 0.664. The van der Waals surface area contributed by atoms with Crippen LogP contribution in [0.2, 0.25) is 0 Å². The fourth-order valence-corrected chi connectivity index (χ4v) is 4.75. The number of ether oxygens (including phenoxy) is 1. The number of hydrogen-bond donors (Lipinski definition) is 0. The normalized spacial score (nSPS) is 29.0. The van der Waals surface area contributed by atoms with E-state index in [4.69, 9.17) is 4.74 Å². The first-order valence-corrected chi connectivity index (χ1v) is 8.41. The van der Waals surface area contributed by atoms with E-state index < -0.39 is 0 Å². The van der Waals surface area contributed by atoms with Gasteiger partial charge in [-0.25, -0.2) is 0 Å². The molecule has 0 bridgehead atoms. The molecule has 0 amide bonds. The number of aryl methyl sites for hydroxylation is 2. The molecule has 1 aromatic carbocycles. The molecule has 0 aromatic heterocycles. The van der Waals surface area contributed by atoms with Crippen molar-refractivity contribution in [1.29, 1.82) is 0 Å². The highest BCUT2D eigenvalue weighted by atomic mass is 79.9. The lowest BCUT2D eigenvalue weighted by Gasteiger charge is -2.55. The van der Waals surface area contributed by atoms with Crippen LogP contribution in [0, 0.1) is 19.3 Å². The lowest BCUT2D eigenvalue weighted by molar-refractivity contribution is -0.0601. The molecule has 0 aliphatic heterocycles. The van der Waals surface area contributed by atoms with E-state index in [9.17, 15) is 0 Å². The molecule has 1 spiro atoms. The highest BCUT2D eigenvalue weighted by molar-refractivity contribution is 9.09. The minimum atomic E-state index is 0.414. The quantitative estimate of drug-likeness (QED) is 0.682. The molecule has 2 aliphatic rings. The Morgan fingerprint density at radius 1 is 1.11 bits per heavy atom. The first-order chi connectivity index (χ1) is 9.12. The Kier molecular flexibility index (Phi) is 3.63. The van der Waals surface area contributed by atoms with E-state index in [1.807, 2.05) is 0 Å². The lowest BCUT2D eigenvalue weighted by Crippen LogP contribution is -2.57. The van der Waals surface area contributed by atoms with Crippen LogP contribution in [0.3, 0.4) is 0 Å². The topological polar surface area (TPSA) is 9.23 Å². The van der Waals surface area contributed by atoms with Crippen molar-refractivity contribution in [3.05, 3.63) is 29.3 Å². The zero-order valence-corrected chi connectivity index (χ0v) is 13.5. The molecule has 19 heavy (non-hydrogen) atoms. The third-order valence-electron chi connectivity index (χ3n) is 5.23. The van der Waals surface area contributed by atoms with Crippen LogP contribution in [-0.2, 0) is 0 Å². The van der Waals surface area contributed by atoms with Crippen LogP contribution in [0.4, 0.5) is 0 Å². The van der Waals surface area contributed by atoms with Crippen molar-refractivity contribution in [2.24, 2.45) is 5.41 Å². The molecule has 0 heterocycles. The van der Waals surface area contributed by atoms with E-state index in [0.717, 1.165) is 12.2 Å². The number of halogens is 1. The van der Waals surface area contributed by atoms with Gasteiger partial charge in [0.2, 0.25) is 0 Å². The van der Waals surface area contributed by atoms with Gasteiger partial charge in [0.1, 0.15) is 11.9 Å². The second-order valence-corrected chi connectivity index (χ2v) is 7.45. The third-order valence-corrected chi connectivity index (χ3v) is 6.51. The Balaban J connectivity index is 1.74. The summed E-state index contributed by atoms with van der Waals surface area (Å²) in [6, 6.07) is 6.48. The Morgan fingerprint density at radius 2 is 1.84 bits per heavy atom. The van der Waals surface area contributed by atoms with E-state index >= 15 is 0 Å². The molecule has 104 valence electrons. The lowest BCUT2D eigenvalue weighted by atomic mass is 9.58. The summed E-state index contributed by atoms with van der Waals surface area (Å²) < 4.78 is 6.32. The van der Waals surface area contributed by atoms with Crippen LogP contribution in [0.15, 0.2) is 18.2 Å². The van der Waals surface area contributed by atoms with Crippen LogP contribution >= 0.6 is 15.9 Å². The van der Waals surface area contributed by atoms with Crippen molar-refractivity contribution >= 4 is 15.9 Å². The summed E-state index contributed by atoms with van der Waals surface area (Å²) in [7, 11) is 0. The first kappa shape index (κ1) is 13.5. The van der Waals surface area contributed by atoms with E-state index in [1.54, 1.807) is 0 Å². The van der Waals surface area contributed by atoms with Gasteiger partial charge < -0.3 is 4.74 Å². The molecule has 2 heteroatoms. The summed E-state index contributed by atoms with van der Waals surface area (Å²) in [6.07, 6.45) is 8.38. The second-order valence-electron chi connectivity index (χ2n) is 6.35. The first-order valence-electron chi connectivity index (χ1n) is 7.50. The summed E-state index contributed by atoms with van der Waals surface area (Å²) in [5.41, 5.74) is 3.08. The van der Waals surface area contributed by atoms with Crippen LogP contribution in [0.25, 0.3) is 0 Å². The van der Waals surface area contributed by atoms with E-state index in [2.05, 4.69) is 48.0 Å².